The van der Waals surface area contributed by atoms with Crippen LogP contribution in [0.5, 0.6) is 0 Å². The monoisotopic (exact) mass is 375 g/mol. The van der Waals surface area contributed by atoms with Gasteiger partial charge in [-0.3, -0.25) is 0 Å². The van der Waals surface area contributed by atoms with Crippen LogP contribution < -0.4 is 0 Å². The van der Waals surface area contributed by atoms with E-state index >= 15 is 0 Å². The Bertz CT molecular complexity index is 886. The van der Waals surface area contributed by atoms with Gasteiger partial charge >= 0.3 is 6.18 Å². The second-order valence-electron chi connectivity index (χ2n) is 5.65. The average molecular weight is 375 g/mol. The highest BCUT2D eigenvalue weighted by Crippen LogP contribution is 2.42. The number of rotatable bonds is 5. The van der Waals surface area contributed by atoms with Crippen LogP contribution in [0.2, 0.25) is 0 Å². The van der Waals surface area contributed by atoms with Crippen molar-refractivity contribution in [2.45, 2.75) is 19.7 Å². The van der Waals surface area contributed by atoms with Gasteiger partial charge in [0.25, 0.3) is 0 Å². The molecule has 3 rings (SSSR count). The van der Waals surface area contributed by atoms with Crippen molar-refractivity contribution in [3.05, 3.63) is 82.0 Å². The van der Waals surface area contributed by atoms with Gasteiger partial charge in [0.15, 0.2) is 0 Å². The molecule has 0 bridgehead atoms. The molecule has 1 heterocycles. The first-order chi connectivity index (χ1) is 12.4. The zero-order valence-corrected chi connectivity index (χ0v) is 14.8. The van der Waals surface area contributed by atoms with Gasteiger partial charge in [0.2, 0.25) is 0 Å². The normalized spacial score (nSPS) is 12.2. The van der Waals surface area contributed by atoms with E-state index in [9.17, 15) is 13.2 Å². The molecule has 0 saturated carbocycles. The second-order valence-corrected chi connectivity index (χ2v) is 6.71. The van der Waals surface area contributed by atoms with Crippen molar-refractivity contribution in [3.63, 3.8) is 0 Å². The molecule has 2 nitrogen and oxygen atoms in total. The summed E-state index contributed by atoms with van der Waals surface area (Å²) in [6.07, 6.45) is -4.42. The minimum atomic E-state index is -4.42. The van der Waals surface area contributed by atoms with Gasteiger partial charge in [-0.2, -0.15) is 13.2 Å². The Morgan fingerprint density at radius 1 is 1.00 bits per heavy atom. The molecule has 0 aliphatic heterocycles. The zero-order valence-electron chi connectivity index (χ0n) is 14.0. The van der Waals surface area contributed by atoms with E-state index < -0.39 is 11.1 Å². The minimum absolute atomic E-state index is 0.163. The maximum Gasteiger partial charge on any atom is 0.426 e. The summed E-state index contributed by atoms with van der Waals surface area (Å²) < 4.78 is 40.3. The lowest BCUT2D eigenvalue weighted by molar-refractivity contribution is -0.133. The van der Waals surface area contributed by atoms with Crippen molar-refractivity contribution in [3.8, 4) is 11.1 Å². The standard InChI is InChI=1S/C20H16F3NOS/c1-14(24-25-13-15-8-4-2-5-9-15)18-12-17(16-10-6-3-7-11-16)19(26-18)20(21,22)23/h2-12H,13H2,1H3/b24-14+. The number of thiophene rings is 1. The first-order valence-corrected chi connectivity index (χ1v) is 8.74. The van der Waals surface area contributed by atoms with E-state index in [1.54, 1.807) is 37.3 Å². The molecule has 0 aliphatic rings. The van der Waals surface area contributed by atoms with Gasteiger partial charge in [-0.15, -0.1) is 11.3 Å². The Balaban J connectivity index is 1.85. The van der Waals surface area contributed by atoms with Crippen LogP contribution in [0.4, 0.5) is 13.2 Å². The molecule has 1 aromatic heterocycles. The van der Waals surface area contributed by atoms with Gasteiger partial charge in [0, 0.05) is 5.56 Å². The molecular weight excluding hydrogens is 359 g/mol. The highest BCUT2D eigenvalue weighted by molar-refractivity contribution is 7.14. The quantitative estimate of drug-likeness (QED) is 0.375. The molecule has 0 aliphatic carbocycles. The predicted octanol–water partition coefficient (Wildman–Crippen LogP) is 6.37. The van der Waals surface area contributed by atoms with E-state index in [1.165, 1.54) is 6.07 Å². The molecule has 0 saturated heterocycles. The lowest BCUT2D eigenvalue weighted by atomic mass is 10.1. The fraction of sp³-hybridized carbons (Fsp3) is 0.150. The zero-order chi connectivity index (χ0) is 18.6. The summed E-state index contributed by atoms with van der Waals surface area (Å²) in [5, 5.41) is 3.98. The Kier molecular flexibility index (Phi) is 5.42. The largest absolute Gasteiger partial charge is 0.426 e. The molecule has 2 aromatic carbocycles. The van der Waals surface area contributed by atoms with Crippen LogP contribution in [0.15, 0.2) is 71.9 Å². The van der Waals surface area contributed by atoms with E-state index in [2.05, 4.69) is 5.16 Å². The molecule has 0 N–H and O–H groups in total. The van der Waals surface area contributed by atoms with Crippen molar-refractivity contribution in [2.75, 3.05) is 0 Å². The highest BCUT2D eigenvalue weighted by atomic mass is 32.1. The van der Waals surface area contributed by atoms with E-state index in [4.69, 9.17) is 4.84 Å². The highest BCUT2D eigenvalue weighted by Gasteiger charge is 2.36. The summed E-state index contributed by atoms with van der Waals surface area (Å²) in [5.41, 5.74) is 2.05. The fourth-order valence-corrected chi connectivity index (χ4v) is 3.42. The van der Waals surface area contributed by atoms with Gasteiger partial charge < -0.3 is 4.84 Å². The number of oxime groups is 1. The number of nitrogens with zero attached hydrogens (tertiary/aromatic N) is 1. The third-order valence-corrected chi connectivity index (χ3v) is 5.00. The minimum Gasteiger partial charge on any atom is -0.391 e. The maximum absolute atomic E-state index is 13.4. The third-order valence-electron chi connectivity index (χ3n) is 3.71. The molecular formula is C20H16F3NOS. The maximum atomic E-state index is 13.4. The van der Waals surface area contributed by atoms with E-state index in [0.717, 1.165) is 5.56 Å². The van der Waals surface area contributed by atoms with Gasteiger partial charge in [-0.1, -0.05) is 65.8 Å². The van der Waals surface area contributed by atoms with E-state index in [-0.39, 0.29) is 12.2 Å². The first-order valence-electron chi connectivity index (χ1n) is 7.92. The average Bonchev–Trinajstić information content (AvgIpc) is 3.09. The Morgan fingerprint density at radius 2 is 1.62 bits per heavy atom. The van der Waals surface area contributed by atoms with Crippen LogP contribution >= 0.6 is 11.3 Å². The summed E-state index contributed by atoms with van der Waals surface area (Å²) in [5.74, 6) is 0. The molecule has 0 amide bonds. The van der Waals surface area contributed by atoms with Crippen molar-refractivity contribution in [1.29, 1.82) is 0 Å². The number of benzene rings is 2. The van der Waals surface area contributed by atoms with Gasteiger partial charge in [-0.05, 0) is 24.1 Å². The lowest BCUT2D eigenvalue weighted by Crippen LogP contribution is -2.03. The van der Waals surface area contributed by atoms with Crippen LogP contribution in [-0.2, 0) is 17.6 Å². The molecule has 26 heavy (non-hydrogen) atoms. The van der Waals surface area contributed by atoms with E-state index in [1.807, 2.05) is 30.3 Å². The summed E-state index contributed by atoms with van der Waals surface area (Å²) in [6.45, 7) is 1.91. The Hall–Kier alpha value is -2.60. The second kappa shape index (κ2) is 7.74. The number of hydrogen-bond acceptors (Lipinski definition) is 3. The fourth-order valence-electron chi connectivity index (χ4n) is 2.43. The van der Waals surface area contributed by atoms with Crippen LogP contribution in [0.25, 0.3) is 11.1 Å². The van der Waals surface area contributed by atoms with Crippen LogP contribution in [-0.4, -0.2) is 5.71 Å². The molecule has 0 atom stereocenters. The summed E-state index contributed by atoms with van der Waals surface area (Å²) in [7, 11) is 0. The van der Waals surface area contributed by atoms with Crippen LogP contribution in [0, 0.1) is 0 Å². The molecule has 3 aromatic rings. The number of alkyl halides is 3. The summed E-state index contributed by atoms with van der Waals surface area (Å²) in [4.78, 5) is 5.10. The van der Waals surface area contributed by atoms with Crippen LogP contribution in [0.3, 0.4) is 0 Å². The van der Waals surface area contributed by atoms with Crippen LogP contribution in [0.1, 0.15) is 22.2 Å². The summed E-state index contributed by atoms with van der Waals surface area (Å²) in [6, 6.07) is 19.5. The third kappa shape index (κ3) is 4.32. The first kappa shape index (κ1) is 18.2. The number of hydrogen-bond donors (Lipinski definition) is 0. The van der Waals surface area contributed by atoms with Crippen molar-refractivity contribution in [1.82, 2.24) is 0 Å². The van der Waals surface area contributed by atoms with Crippen molar-refractivity contribution < 1.29 is 18.0 Å². The van der Waals surface area contributed by atoms with E-state index in [0.29, 0.717) is 27.5 Å². The SMILES string of the molecule is C/C(=N\OCc1ccccc1)c1cc(-c2ccccc2)c(C(F)(F)F)s1. The Labute approximate surface area is 153 Å². The molecule has 6 heteroatoms. The van der Waals surface area contributed by atoms with Crippen molar-refractivity contribution in [2.24, 2.45) is 5.16 Å². The molecule has 0 fully saturated rings. The molecule has 134 valence electrons. The van der Waals surface area contributed by atoms with Crippen molar-refractivity contribution >= 4 is 17.0 Å². The smallest absolute Gasteiger partial charge is 0.391 e. The van der Waals surface area contributed by atoms with Gasteiger partial charge in [0.05, 0.1) is 10.6 Å². The molecule has 0 spiro atoms. The molecule has 0 unspecified atom stereocenters. The topological polar surface area (TPSA) is 21.6 Å². The van der Waals surface area contributed by atoms with Gasteiger partial charge in [0.1, 0.15) is 11.5 Å². The number of halogens is 3. The van der Waals surface area contributed by atoms with Gasteiger partial charge in [-0.25, -0.2) is 0 Å². The molecule has 0 radical (unpaired) electrons. The summed E-state index contributed by atoms with van der Waals surface area (Å²) >= 11 is 0.680. The lowest BCUT2D eigenvalue weighted by Gasteiger charge is -2.07. The predicted molar refractivity (Wildman–Crippen MR) is 98.2 cm³/mol. The Morgan fingerprint density at radius 3 is 2.23 bits per heavy atom.